The Bertz CT molecular complexity index is 480. The van der Waals surface area contributed by atoms with Gasteiger partial charge in [-0.1, -0.05) is 18.5 Å². The number of halogens is 1. The molecule has 1 rings (SSSR count). The van der Waals surface area contributed by atoms with E-state index in [1.807, 2.05) is 0 Å². The molecule has 2 N–H and O–H groups in total. The number of nitrogens with zero attached hydrogens (tertiary/aromatic N) is 1. The van der Waals surface area contributed by atoms with Gasteiger partial charge in [-0.25, -0.2) is 0 Å². The lowest BCUT2D eigenvalue weighted by Crippen LogP contribution is -2.41. The summed E-state index contributed by atoms with van der Waals surface area (Å²) in [4.78, 5) is 21.1. The molecule has 0 spiro atoms. The first-order valence-electron chi connectivity index (χ1n) is 5.48. The number of hydrogen-bond acceptors (Lipinski definition) is 5. The van der Waals surface area contributed by atoms with E-state index in [0.29, 0.717) is 6.54 Å². The second-order valence-corrected chi connectivity index (χ2v) is 4.07. The molecule has 1 unspecified atom stereocenters. The van der Waals surface area contributed by atoms with Gasteiger partial charge in [0.05, 0.1) is 4.92 Å². The van der Waals surface area contributed by atoms with Crippen LogP contribution < -0.4 is 10.1 Å². The summed E-state index contributed by atoms with van der Waals surface area (Å²) in [6.07, 6.45) is 0. The van der Waals surface area contributed by atoms with Crippen LogP contribution in [0.3, 0.4) is 0 Å². The van der Waals surface area contributed by atoms with Crippen molar-refractivity contribution in [3.63, 3.8) is 0 Å². The van der Waals surface area contributed by atoms with Gasteiger partial charge in [0, 0.05) is 17.2 Å². The summed E-state index contributed by atoms with van der Waals surface area (Å²) in [7, 11) is 0. The predicted octanol–water partition coefficient (Wildman–Crippen LogP) is 1.69. The van der Waals surface area contributed by atoms with Crippen LogP contribution in [0, 0.1) is 10.1 Å². The minimum Gasteiger partial charge on any atom is -0.484 e. The Morgan fingerprint density at radius 2 is 2.32 bits per heavy atom. The fourth-order valence-corrected chi connectivity index (χ4v) is 1.55. The number of nitrogens with one attached hydrogen (secondary N) is 1. The molecule has 1 aromatic rings. The molecule has 1 aromatic carbocycles. The van der Waals surface area contributed by atoms with Gasteiger partial charge >= 0.3 is 11.7 Å². The summed E-state index contributed by atoms with van der Waals surface area (Å²) in [5.74, 6) is -1.15. The first-order chi connectivity index (χ1) is 8.95. The van der Waals surface area contributed by atoms with E-state index >= 15 is 0 Å². The van der Waals surface area contributed by atoms with Crippen LogP contribution >= 0.6 is 11.6 Å². The van der Waals surface area contributed by atoms with E-state index < -0.39 is 16.9 Å². The summed E-state index contributed by atoms with van der Waals surface area (Å²) < 4.78 is 5.19. The Morgan fingerprint density at radius 3 is 2.84 bits per heavy atom. The number of ether oxygens (including phenoxy) is 1. The monoisotopic (exact) mass is 288 g/mol. The van der Waals surface area contributed by atoms with E-state index in [1.54, 1.807) is 6.92 Å². The van der Waals surface area contributed by atoms with Crippen molar-refractivity contribution < 1.29 is 19.6 Å². The van der Waals surface area contributed by atoms with Crippen LogP contribution in [0.15, 0.2) is 18.2 Å². The highest BCUT2D eigenvalue weighted by Gasteiger charge is 2.20. The van der Waals surface area contributed by atoms with E-state index in [2.05, 4.69) is 5.32 Å². The zero-order valence-electron chi connectivity index (χ0n) is 10.1. The number of likely N-dealkylation sites (N-methyl/N-ethyl adjacent to an activating group) is 1. The Morgan fingerprint density at radius 1 is 1.63 bits per heavy atom. The fraction of sp³-hybridized carbons (Fsp3) is 0.364. The third-order valence-electron chi connectivity index (χ3n) is 2.27. The average Bonchev–Trinajstić information content (AvgIpc) is 2.33. The van der Waals surface area contributed by atoms with Crippen molar-refractivity contribution >= 4 is 23.3 Å². The molecule has 0 aliphatic heterocycles. The molecule has 8 heteroatoms. The molecule has 1 atom stereocenters. The summed E-state index contributed by atoms with van der Waals surface area (Å²) in [5.41, 5.74) is -0.259. The number of carbonyl (C=O) groups is 1. The Hall–Kier alpha value is -1.86. The highest BCUT2D eigenvalue weighted by Crippen LogP contribution is 2.29. The number of aliphatic carboxylic acids is 1. The molecular weight excluding hydrogens is 276 g/mol. The summed E-state index contributed by atoms with van der Waals surface area (Å²) >= 11 is 5.73. The van der Waals surface area contributed by atoms with Gasteiger partial charge in [-0.3, -0.25) is 14.9 Å². The van der Waals surface area contributed by atoms with Crippen molar-refractivity contribution in [2.75, 3.05) is 13.2 Å². The molecule has 0 amide bonds. The lowest BCUT2D eigenvalue weighted by molar-refractivity contribution is -0.385. The molecule has 0 aromatic heterocycles. The number of carboxylic acids is 1. The van der Waals surface area contributed by atoms with Crippen molar-refractivity contribution in [3.05, 3.63) is 33.3 Å². The second-order valence-electron chi connectivity index (χ2n) is 3.63. The lowest BCUT2D eigenvalue weighted by atomic mass is 10.3. The first kappa shape index (κ1) is 15.2. The third kappa shape index (κ3) is 4.38. The van der Waals surface area contributed by atoms with Gasteiger partial charge in [-0.2, -0.15) is 0 Å². The number of rotatable bonds is 7. The van der Waals surface area contributed by atoms with Crippen LogP contribution in [0.25, 0.3) is 0 Å². The van der Waals surface area contributed by atoms with Crippen molar-refractivity contribution in [1.82, 2.24) is 5.32 Å². The van der Waals surface area contributed by atoms with Crippen LogP contribution in [0.4, 0.5) is 5.69 Å². The molecule has 0 aliphatic carbocycles. The highest BCUT2D eigenvalue weighted by atomic mass is 35.5. The number of benzene rings is 1. The standard InChI is InChI=1S/C11H13ClN2O5/c1-2-13-8(11(15)16)6-19-10-5-7(12)3-4-9(10)14(17)18/h3-5,8,13H,2,6H2,1H3,(H,15,16). The Labute approximate surface area is 114 Å². The zero-order chi connectivity index (χ0) is 14.4. The molecule has 0 fully saturated rings. The van der Waals surface area contributed by atoms with Crippen molar-refractivity contribution in [1.29, 1.82) is 0 Å². The summed E-state index contributed by atoms with van der Waals surface area (Å²) in [6, 6.07) is 2.92. The van der Waals surface area contributed by atoms with E-state index in [4.69, 9.17) is 21.4 Å². The van der Waals surface area contributed by atoms with Crippen LogP contribution in [0.2, 0.25) is 5.02 Å². The van der Waals surface area contributed by atoms with Gasteiger partial charge < -0.3 is 15.2 Å². The minimum absolute atomic E-state index is 0.0540. The maximum Gasteiger partial charge on any atom is 0.324 e. The predicted molar refractivity (Wildman–Crippen MR) is 68.7 cm³/mol. The van der Waals surface area contributed by atoms with Gasteiger partial charge in [0.1, 0.15) is 12.6 Å². The fourth-order valence-electron chi connectivity index (χ4n) is 1.39. The highest BCUT2D eigenvalue weighted by molar-refractivity contribution is 6.30. The van der Waals surface area contributed by atoms with Crippen molar-refractivity contribution in [2.45, 2.75) is 13.0 Å². The van der Waals surface area contributed by atoms with Gasteiger partial charge in [-0.05, 0) is 12.6 Å². The molecule has 0 saturated carbocycles. The number of carboxylic acid groups (broad SMARTS) is 1. The van der Waals surface area contributed by atoms with Gasteiger partial charge in [-0.15, -0.1) is 0 Å². The lowest BCUT2D eigenvalue weighted by Gasteiger charge is -2.14. The Balaban J connectivity index is 2.83. The second kappa shape index (κ2) is 6.91. The van der Waals surface area contributed by atoms with E-state index in [0.717, 1.165) is 0 Å². The van der Waals surface area contributed by atoms with Crippen LogP contribution in [-0.2, 0) is 4.79 Å². The van der Waals surface area contributed by atoms with Crippen molar-refractivity contribution in [2.24, 2.45) is 0 Å². The first-order valence-corrected chi connectivity index (χ1v) is 5.86. The zero-order valence-corrected chi connectivity index (χ0v) is 10.9. The normalized spacial score (nSPS) is 11.9. The van der Waals surface area contributed by atoms with Crippen molar-refractivity contribution in [3.8, 4) is 5.75 Å². The maximum atomic E-state index is 10.9. The Kier molecular flexibility index (Phi) is 5.53. The number of nitro groups is 1. The van der Waals surface area contributed by atoms with Gasteiger partial charge in [0.15, 0.2) is 5.75 Å². The minimum atomic E-state index is -1.09. The largest absolute Gasteiger partial charge is 0.484 e. The third-order valence-corrected chi connectivity index (χ3v) is 2.51. The quantitative estimate of drug-likeness (QED) is 0.585. The summed E-state index contributed by atoms with van der Waals surface area (Å²) in [6.45, 7) is 1.96. The molecule has 0 radical (unpaired) electrons. The van der Waals surface area contributed by atoms with E-state index in [9.17, 15) is 14.9 Å². The molecule has 0 heterocycles. The SMILES string of the molecule is CCNC(COc1cc(Cl)ccc1[N+](=O)[O-])C(=O)O. The van der Waals surface area contributed by atoms with E-state index in [1.165, 1.54) is 18.2 Å². The van der Waals surface area contributed by atoms with Crippen LogP contribution in [-0.4, -0.2) is 35.2 Å². The molecule has 0 bridgehead atoms. The summed E-state index contributed by atoms with van der Waals surface area (Å²) in [5, 5.41) is 22.7. The average molecular weight is 289 g/mol. The maximum absolute atomic E-state index is 10.9. The molecule has 104 valence electrons. The molecule has 7 nitrogen and oxygen atoms in total. The number of nitro benzene ring substituents is 1. The van der Waals surface area contributed by atoms with Crippen LogP contribution in [0.1, 0.15) is 6.92 Å². The van der Waals surface area contributed by atoms with Gasteiger partial charge in [0.2, 0.25) is 0 Å². The van der Waals surface area contributed by atoms with E-state index in [-0.39, 0.29) is 23.1 Å². The molecular formula is C11H13ClN2O5. The molecule has 19 heavy (non-hydrogen) atoms. The number of hydrogen-bond donors (Lipinski definition) is 2. The molecule has 0 aliphatic rings. The smallest absolute Gasteiger partial charge is 0.324 e. The molecule has 0 saturated heterocycles. The van der Waals surface area contributed by atoms with Gasteiger partial charge in [0.25, 0.3) is 0 Å². The topological polar surface area (TPSA) is 102 Å². The van der Waals surface area contributed by atoms with Crippen LogP contribution in [0.5, 0.6) is 5.75 Å².